The van der Waals surface area contributed by atoms with E-state index < -0.39 is 0 Å². The Hall–Kier alpha value is -0.120. The van der Waals surface area contributed by atoms with Gasteiger partial charge in [0.15, 0.2) is 0 Å². The van der Waals surface area contributed by atoms with E-state index in [-0.39, 0.29) is 5.60 Å². The predicted octanol–water partition coefficient (Wildman–Crippen LogP) is 2.80. The highest BCUT2D eigenvalue weighted by Crippen LogP contribution is 2.43. The van der Waals surface area contributed by atoms with Crippen LogP contribution in [0.2, 0.25) is 0 Å². The first-order valence-electron chi connectivity index (χ1n) is 8.73. The number of piperazine rings is 1. The maximum absolute atomic E-state index is 6.51. The smallest absolute Gasteiger partial charge is 0.0710 e. The van der Waals surface area contributed by atoms with Crippen molar-refractivity contribution in [3.05, 3.63) is 0 Å². The first-order valence-corrected chi connectivity index (χ1v) is 8.73. The van der Waals surface area contributed by atoms with Crippen molar-refractivity contribution < 1.29 is 4.74 Å². The van der Waals surface area contributed by atoms with E-state index in [0.29, 0.717) is 18.2 Å². The van der Waals surface area contributed by atoms with Crippen LogP contribution in [-0.2, 0) is 4.74 Å². The molecule has 1 N–H and O–H groups in total. The van der Waals surface area contributed by atoms with Crippen molar-refractivity contribution >= 4 is 0 Å². The molecule has 3 rings (SSSR count). The van der Waals surface area contributed by atoms with Gasteiger partial charge in [-0.05, 0) is 38.5 Å². The molecule has 2 saturated heterocycles. The third-order valence-corrected chi connectivity index (χ3v) is 5.71. The van der Waals surface area contributed by atoms with Gasteiger partial charge >= 0.3 is 0 Å². The van der Waals surface area contributed by atoms with Crippen LogP contribution in [0.25, 0.3) is 0 Å². The van der Waals surface area contributed by atoms with Crippen LogP contribution in [0, 0.1) is 5.92 Å². The first kappa shape index (κ1) is 14.8. The molecule has 3 unspecified atom stereocenters. The lowest BCUT2D eigenvalue weighted by molar-refractivity contribution is -0.0572. The Bertz CT molecular complexity index is 325. The average molecular weight is 280 g/mol. The van der Waals surface area contributed by atoms with Gasteiger partial charge in [-0.25, -0.2) is 0 Å². The van der Waals surface area contributed by atoms with Crippen molar-refractivity contribution in [3.63, 3.8) is 0 Å². The topological polar surface area (TPSA) is 24.5 Å². The molecule has 3 nitrogen and oxygen atoms in total. The van der Waals surface area contributed by atoms with E-state index in [0.717, 1.165) is 19.0 Å². The van der Waals surface area contributed by atoms with Gasteiger partial charge in [0.05, 0.1) is 11.7 Å². The van der Waals surface area contributed by atoms with Crippen molar-refractivity contribution in [2.45, 2.75) is 83.1 Å². The monoisotopic (exact) mass is 280 g/mol. The van der Waals surface area contributed by atoms with Gasteiger partial charge in [-0.2, -0.15) is 0 Å². The van der Waals surface area contributed by atoms with Gasteiger partial charge in [0.25, 0.3) is 0 Å². The minimum Gasteiger partial charge on any atom is -0.370 e. The molecular formula is C17H32N2O. The van der Waals surface area contributed by atoms with E-state index in [9.17, 15) is 0 Å². The second-order valence-corrected chi connectivity index (χ2v) is 7.74. The van der Waals surface area contributed by atoms with Crippen LogP contribution in [-0.4, -0.2) is 48.3 Å². The molecule has 20 heavy (non-hydrogen) atoms. The van der Waals surface area contributed by atoms with Crippen molar-refractivity contribution in [2.75, 3.05) is 19.6 Å². The Kier molecular flexibility index (Phi) is 4.40. The molecule has 0 aromatic heterocycles. The molecule has 1 saturated carbocycles. The Morgan fingerprint density at radius 3 is 2.70 bits per heavy atom. The van der Waals surface area contributed by atoms with Gasteiger partial charge in [0.1, 0.15) is 0 Å². The van der Waals surface area contributed by atoms with Crippen LogP contribution >= 0.6 is 0 Å². The lowest BCUT2D eigenvalue weighted by Gasteiger charge is -2.42. The van der Waals surface area contributed by atoms with Gasteiger partial charge in [-0.3, -0.25) is 4.90 Å². The Morgan fingerprint density at radius 2 is 2.00 bits per heavy atom. The fourth-order valence-electron chi connectivity index (χ4n) is 4.54. The van der Waals surface area contributed by atoms with Crippen LogP contribution in [0.5, 0.6) is 0 Å². The van der Waals surface area contributed by atoms with E-state index in [2.05, 4.69) is 31.0 Å². The fraction of sp³-hybridized carbons (Fsp3) is 1.00. The average Bonchev–Trinajstić information content (AvgIpc) is 3.00. The summed E-state index contributed by atoms with van der Waals surface area (Å²) >= 11 is 0. The highest BCUT2D eigenvalue weighted by atomic mass is 16.5. The van der Waals surface area contributed by atoms with Crippen LogP contribution < -0.4 is 5.32 Å². The Morgan fingerprint density at radius 1 is 1.25 bits per heavy atom. The Balaban J connectivity index is 1.58. The molecule has 3 atom stereocenters. The molecule has 116 valence electrons. The maximum atomic E-state index is 6.51. The number of hydrogen-bond donors (Lipinski definition) is 1. The minimum absolute atomic E-state index is 0.289. The molecule has 0 aromatic rings. The number of nitrogens with zero attached hydrogens (tertiary/aromatic N) is 1. The van der Waals surface area contributed by atoms with E-state index in [1.165, 1.54) is 45.1 Å². The lowest BCUT2D eigenvalue weighted by atomic mass is 9.97. The third kappa shape index (κ3) is 3.05. The molecular weight excluding hydrogens is 248 g/mol. The van der Waals surface area contributed by atoms with Gasteiger partial charge in [-0.15, -0.1) is 0 Å². The van der Waals surface area contributed by atoms with Gasteiger partial charge < -0.3 is 10.1 Å². The normalized spacial score (nSPS) is 38.1. The van der Waals surface area contributed by atoms with Crippen molar-refractivity contribution in [2.24, 2.45) is 5.92 Å². The SMILES string of the molecule is CC1CN(CC2CCC3(CCCC3)O2)C(C(C)C)CN1. The molecule has 2 aliphatic heterocycles. The molecule has 0 amide bonds. The molecule has 3 aliphatic rings. The summed E-state index contributed by atoms with van der Waals surface area (Å²) in [4.78, 5) is 2.70. The van der Waals surface area contributed by atoms with E-state index in [1.54, 1.807) is 0 Å². The largest absolute Gasteiger partial charge is 0.370 e. The zero-order valence-electron chi connectivity index (χ0n) is 13.5. The quantitative estimate of drug-likeness (QED) is 0.860. The molecule has 2 heterocycles. The van der Waals surface area contributed by atoms with E-state index >= 15 is 0 Å². The number of ether oxygens (including phenoxy) is 1. The van der Waals surface area contributed by atoms with Crippen molar-refractivity contribution in [1.82, 2.24) is 10.2 Å². The molecule has 3 fully saturated rings. The number of nitrogens with one attached hydrogen (secondary N) is 1. The second kappa shape index (κ2) is 5.94. The summed E-state index contributed by atoms with van der Waals surface area (Å²) in [6.45, 7) is 10.5. The van der Waals surface area contributed by atoms with E-state index in [1.807, 2.05) is 0 Å². The third-order valence-electron chi connectivity index (χ3n) is 5.71. The highest BCUT2D eigenvalue weighted by Gasteiger charge is 2.43. The highest BCUT2D eigenvalue weighted by molar-refractivity contribution is 4.95. The van der Waals surface area contributed by atoms with Crippen LogP contribution in [0.15, 0.2) is 0 Å². The van der Waals surface area contributed by atoms with Crippen molar-refractivity contribution in [3.8, 4) is 0 Å². The zero-order chi connectivity index (χ0) is 14.2. The van der Waals surface area contributed by atoms with Crippen molar-refractivity contribution in [1.29, 1.82) is 0 Å². The minimum atomic E-state index is 0.289. The predicted molar refractivity (Wildman–Crippen MR) is 83.0 cm³/mol. The molecule has 0 radical (unpaired) electrons. The standard InChI is InChI=1S/C17H32N2O/c1-13(2)16-10-18-14(3)11-19(16)12-15-6-9-17(20-15)7-4-5-8-17/h13-16,18H,4-12H2,1-3H3. The fourth-order valence-corrected chi connectivity index (χ4v) is 4.54. The van der Waals surface area contributed by atoms with E-state index in [4.69, 9.17) is 4.74 Å². The lowest BCUT2D eigenvalue weighted by Crippen LogP contribution is -2.58. The first-order chi connectivity index (χ1) is 9.58. The summed E-state index contributed by atoms with van der Waals surface area (Å²) in [5, 5.41) is 3.63. The zero-order valence-corrected chi connectivity index (χ0v) is 13.5. The summed E-state index contributed by atoms with van der Waals surface area (Å²) in [5.74, 6) is 0.719. The van der Waals surface area contributed by atoms with Gasteiger partial charge in [0.2, 0.25) is 0 Å². The molecule has 3 heteroatoms. The summed E-state index contributed by atoms with van der Waals surface area (Å²) < 4.78 is 6.51. The second-order valence-electron chi connectivity index (χ2n) is 7.74. The molecule has 0 aromatic carbocycles. The summed E-state index contributed by atoms with van der Waals surface area (Å²) in [6, 6.07) is 1.29. The molecule has 1 aliphatic carbocycles. The summed E-state index contributed by atoms with van der Waals surface area (Å²) in [7, 11) is 0. The maximum Gasteiger partial charge on any atom is 0.0710 e. The number of hydrogen-bond acceptors (Lipinski definition) is 3. The summed E-state index contributed by atoms with van der Waals surface area (Å²) in [6.07, 6.45) is 8.47. The van der Waals surface area contributed by atoms with Crippen LogP contribution in [0.4, 0.5) is 0 Å². The van der Waals surface area contributed by atoms with Gasteiger partial charge in [-0.1, -0.05) is 26.7 Å². The van der Waals surface area contributed by atoms with Crippen LogP contribution in [0.1, 0.15) is 59.3 Å². The molecule has 1 spiro atoms. The summed E-state index contributed by atoms with van der Waals surface area (Å²) in [5.41, 5.74) is 0.289. The van der Waals surface area contributed by atoms with Gasteiger partial charge in [0, 0.05) is 31.7 Å². The Labute approximate surface area is 124 Å². The van der Waals surface area contributed by atoms with Crippen LogP contribution in [0.3, 0.4) is 0 Å². The molecule has 0 bridgehead atoms. The number of rotatable bonds is 3.